The van der Waals surface area contributed by atoms with Crippen LogP contribution in [0, 0.1) is 5.51 Å². The van der Waals surface area contributed by atoms with Crippen molar-refractivity contribution in [2.45, 2.75) is 13.3 Å². The summed E-state index contributed by atoms with van der Waals surface area (Å²) in [4.78, 5) is 15.1. The third kappa shape index (κ3) is 2.50. The van der Waals surface area contributed by atoms with Gasteiger partial charge in [-0.15, -0.1) is 11.3 Å². The maximum atomic E-state index is 11.0. The molecule has 15 heavy (non-hydrogen) atoms. The molecule has 0 atom stereocenters. The molecule has 2 nitrogen and oxygen atoms in total. The van der Waals surface area contributed by atoms with Crippen LogP contribution in [0.1, 0.15) is 12.5 Å². The van der Waals surface area contributed by atoms with E-state index in [9.17, 15) is 4.79 Å². The van der Waals surface area contributed by atoms with Crippen LogP contribution in [-0.2, 0) is 11.2 Å². The van der Waals surface area contributed by atoms with Crippen molar-refractivity contribution in [2.24, 2.45) is 0 Å². The fourth-order valence-electron chi connectivity index (χ4n) is 1.44. The lowest BCUT2D eigenvalue weighted by Gasteiger charge is -2.00. The van der Waals surface area contributed by atoms with Crippen molar-refractivity contribution in [1.82, 2.24) is 4.98 Å². The summed E-state index contributed by atoms with van der Waals surface area (Å²) in [7, 11) is 0. The van der Waals surface area contributed by atoms with E-state index in [1.807, 2.05) is 29.6 Å². The molecule has 0 N–H and O–H groups in total. The third-order valence-corrected chi connectivity index (χ3v) is 2.60. The van der Waals surface area contributed by atoms with Gasteiger partial charge in [-0.2, -0.15) is 0 Å². The largest absolute Gasteiger partial charge is 0.300 e. The molecular formula is C12H10NOS. The zero-order valence-corrected chi connectivity index (χ0v) is 9.17. The van der Waals surface area contributed by atoms with Crippen LogP contribution in [0.25, 0.3) is 11.3 Å². The maximum Gasteiger partial charge on any atom is 0.152 e. The van der Waals surface area contributed by atoms with E-state index in [1.165, 1.54) is 11.3 Å². The van der Waals surface area contributed by atoms with Gasteiger partial charge in [-0.3, -0.25) is 4.79 Å². The van der Waals surface area contributed by atoms with E-state index in [0.717, 1.165) is 16.8 Å². The summed E-state index contributed by atoms with van der Waals surface area (Å²) in [6.07, 6.45) is 0.488. The summed E-state index contributed by atoms with van der Waals surface area (Å²) < 4.78 is 0. The van der Waals surface area contributed by atoms with E-state index in [0.29, 0.717) is 6.42 Å². The predicted molar refractivity (Wildman–Crippen MR) is 60.8 cm³/mol. The van der Waals surface area contributed by atoms with E-state index in [4.69, 9.17) is 0 Å². The number of ketones is 1. The highest BCUT2D eigenvalue weighted by atomic mass is 32.1. The summed E-state index contributed by atoms with van der Waals surface area (Å²) in [6.45, 7) is 1.60. The Balaban J connectivity index is 2.31. The zero-order valence-electron chi connectivity index (χ0n) is 8.36. The number of rotatable bonds is 3. The molecule has 1 aromatic carbocycles. The Morgan fingerprint density at radius 3 is 3.07 bits per heavy atom. The quantitative estimate of drug-likeness (QED) is 0.789. The van der Waals surface area contributed by atoms with Crippen molar-refractivity contribution in [1.29, 1.82) is 0 Å². The topological polar surface area (TPSA) is 30.0 Å². The second-order valence-electron chi connectivity index (χ2n) is 3.40. The average molecular weight is 216 g/mol. The monoisotopic (exact) mass is 216 g/mol. The second kappa shape index (κ2) is 4.36. The molecule has 0 unspecified atom stereocenters. The van der Waals surface area contributed by atoms with Crippen LogP contribution < -0.4 is 0 Å². The Morgan fingerprint density at radius 1 is 1.53 bits per heavy atom. The molecule has 0 saturated carbocycles. The zero-order chi connectivity index (χ0) is 10.7. The van der Waals surface area contributed by atoms with Crippen LogP contribution in [0.15, 0.2) is 29.6 Å². The van der Waals surface area contributed by atoms with E-state index in [-0.39, 0.29) is 5.78 Å². The number of Topliss-reactive ketones (excluding diaryl/α,β-unsaturated/α-hetero) is 1. The Labute approximate surface area is 92.6 Å². The molecule has 0 amide bonds. The van der Waals surface area contributed by atoms with E-state index >= 15 is 0 Å². The lowest BCUT2D eigenvalue weighted by atomic mass is 10.1. The fraction of sp³-hybridized carbons (Fsp3) is 0.167. The molecule has 0 aliphatic rings. The number of hydrogen-bond acceptors (Lipinski definition) is 3. The molecule has 1 aromatic heterocycles. The number of hydrogen-bond donors (Lipinski definition) is 0. The number of aromatic nitrogens is 1. The van der Waals surface area contributed by atoms with Gasteiger partial charge >= 0.3 is 0 Å². The van der Waals surface area contributed by atoms with Crippen LogP contribution in [0.4, 0.5) is 0 Å². The van der Waals surface area contributed by atoms with Gasteiger partial charge in [0.05, 0.1) is 5.69 Å². The minimum atomic E-state index is 0.178. The SMILES string of the molecule is CC(=O)Cc1cccc(-c2cs[c]n2)c1. The summed E-state index contributed by atoms with van der Waals surface area (Å²) in [6, 6.07) is 7.91. The second-order valence-corrected chi connectivity index (χ2v) is 4.06. The molecule has 2 rings (SSSR count). The van der Waals surface area contributed by atoms with Crippen molar-refractivity contribution in [3.05, 3.63) is 40.7 Å². The predicted octanol–water partition coefficient (Wildman–Crippen LogP) is 2.74. The first-order valence-electron chi connectivity index (χ1n) is 4.66. The highest BCUT2D eigenvalue weighted by molar-refractivity contribution is 7.07. The molecule has 75 valence electrons. The lowest BCUT2D eigenvalue weighted by Crippen LogP contribution is -1.96. The minimum Gasteiger partial charge on any atom is -0.300 e. The van der Waals surface area contributed by atoms with Gasteiger partial charge in [-0.1, -0.05) is 18.2 Å². The first-order chi connectivity index (χ1) is 7.25. The van der Waals surface area contributed by atoms with Gasteiger partial charge in [0.2, 0.25) is 0 Å². The summed E-state index contributed by atoms with van der Waals surface area (Å²) in [5.74, 6) is 0.178. The van der Waals surface area contributed by atoms with E-state index in [2.05, 4.69) is 10.5 Å². The van der Waals surface area contributed by atoms with Crippen molar-refractivity contribution in [3.8, 4) is 11.3 Å². The Kier molecular flexibility index (Phi) is 2.92. The Hall–Kier alpha value is -1.48. The van der Waals surface area contributed by atoms with Gasteiger partial charge in [-0.25, -0.2) is 4.98 Å². The molecule has 0 aliphatic carbocycles. The lowest BCUT2D eigenvalue weighted by molar-refractivity contribution is -0.116. The van der Waals surface area contributed by atoms with Gasteiger partial charge in [-0.05, 0) is 18.6 Å². The molecule has 0 saturated heterocycles. The molecule has 1 radical (unpaired) electrons. The van der Waals surface area contributed by atoms with Crippen LogP contribution in [0.3, 0.4) is 0 Å². The molecular weight excluding hydrogens is 206 g/mol. The standard InChI is InChI=1S/C12H10NOS/c1-9(14)5-10-3-2-4-11(6-10)12-7-15-8-13-12/h2-4,6-7H,5H2,1H3. The summed E-state index contributed by atoms with van der Waals surface area (Å²) in [5, 5.41) is 1.95. The maximum absolute atomic E-state index is 11.0. The van der Waals surface area contributed by atoms with Crippen molar-refractivity contribution >= 4 is 17.1 Å². The fourth-order valence-corrected chi connectivity index (χ4v) is 1.95. The Bertz CT molecular complexity index is 462. The van der Waals surface area contributed by atoms with Crippen LogP contribution in [-0.4, -0.2) is 10.8 Å². The average Bonchev–Trinajstić information content (AvgIpc) is 2.69. The molecule has 0 fully saturated rings. The van der Waals surface area contributed by atoms with Crippen LogP contribution in [0.2, 0.25) is 0 Å². The van der Waals surface area contributed by atoms with E-state index in [1.54, 1.807) is 6.92 Å². The number of benzene rings is 1. The number of nitrogens with zero attached hydrogens (tertiary/aromatic N) is 1. The molecule has 0 spiro atoms. The first kappa shape index (κ1) is 10.1. The molecule has 3 heteroatoms. The molecule has 0 bridgehead atoms. The summed E-state index contributed by atoms with van der Waals surface area (Å²) in [5.41, 5.74) is 5.82. The number of carbonyl (C=O) groups excluding carboxylic acids is 1. The number of thiazole rings is 1. The van der Waals surface area contributed by atoms with Crippen LogP contribution in [0.5, 0.6) is 0 Å². The van der Waals surface area contributed by atoms with Gasteiger partial charge in [0.1, 0.15) is 5.78 Å². The van der Waals surface area contributed by atoms with Crippen molar-refractivity contribution in [2.75, 3.05) is 0 Å². The minimum absolute atomic E-state index is 0.178. The number of carbonyl (C=O) groups is 1. The van der Waals surface area contributed by atoms with Crippen LogP contribution >= 0.6 is 11.3 Å². The van der Waals surface area contributed by atoms with Crippen molar-refractivity contribution in [3.63, 3.8) is 0 Å². The van der Waals surface area contributed by atoms with Gasteiger partial charge in [0, 0.05) is 17.4 Å². The Morgan fingerprint density at radius 2 is 2.40 bits per heavy atom. The van der Waals surface area contributed by atoms with Crippen molar-refractivity contribution < 1.29 is 4.79 Å². The first-order valence-corrected chi connectivity index (χ1v) is 5.54. The third-order valence-electron chi connectivity index (χ3n) is 2.07. The molecule has 1 heterocycles. The van der Waals surface area contributed by atoms with Gasteiger partial charge in [0.25, 0.3) is 0 Å². The normalized spacial score (nSPS) is 10.2. The molecule has 2 aromatic rings. The smallest absolute Gasteiger partial charge is 0.152 e. The van der Waals surface area contributed by atoms with E-state index < -0.39 is 0 Å². The highest BCUT2D eigenvalue weighted by Gasteiger charge is 2.02. The van der Waals surface area contributed by atoms with Gasteiger partial charge < -0.3 is 0 Å². The molecule has 0 aliphatic heterocycles. The highest BCUT2D eigenvalue weighted by Crippen LogP contribution is 2.20. The van der Waals surface area contributed by atoms with Gasteiger partial charge in [0.15, 0.2) is 5.51 Å². The summed E-state index contributed by atoms with van der Waals surface area (Å²) >= 11 is 1.45.